The summed E-state index contributed by atoms with van der Waals surface area (Å²) in [6.45, 7) is 4.34. The number of aryl methyl sites for hydroxylation is 2. The lowest BCUT2D eigenvalue weighted by Crippen LogP contribution is -2.21. The minimum atomic E-state index is -0.0542. The van der Waals surface area contributed by atoms with Crippen LogP contribution in [0.5, 0.6) is 0 Å². The molecular formula is C20H20N2O. The van der Waals surface area contributed by atoms with Crippen LogP contribution in [0.2, 0.25) is 0 Å². The van der Waals surface area contributed by atoms with Crippen molar-refractivity contribution in [2.45, 2.75) is 13.8 Å². The molecule has 3 rings (SSSR count). The van der Waals surface area contributed by atoms with Crippen LogP contribution < -0.4 is 10.6 Å². The van der Waals surface area contributed by atoms with E-state index < -0.39 is 0 Å². The van der Waals surface area contributed by atoms with E-state index >= 15 is 0 Å². The van der Waals surface area contributed by atoms with Crippen LogP contribution in [0.3, 0.4) is 0 Å². The average molecular weight is 304 g/mol. The SMILES string of the molecule is Cc1ccc(NC(=O)CNc2ccc3ccccc3c2)cc1C. The van der Waals surface area contributed by atoms with E-state index in [4.69, 9.17) is 0 Å². The Kier molecular flexibility index (Phi) is 4.29. The molecule has 2 N–H and O–H groups in total. The van der Waals surface area contributed by atoms with Crippen molar-refractivity contribution in [1.82, 2.24) is 0 Å². The first kappa shape index (κ1) is 15.1. The maximum Gasteiger partial charge on any atom is 0.243 e. The molecule has 0 aliphatic carbocycles. The molecule has 3 aromatic rings. The number of hydrogen-bond donors (Lipinski definition) is 2. The van der Waals surface area contributed by atoms with E-state index in [1.54, 1.807) is 0 Å². The summed E-state index contributed by atoms with van der Waals surface area (Å²) in [6, 6.07) is 20.2. The van der Waals surface area contributed by atoms with Gasteiger partial charge in [0, 0.05) is 11.4 Å². The number of carbonyl (C=O) groups is 1. The highest BCUT2D eigenvalue weighted by Crippen LogP contribution is 2.19. The normalized spacial score (nSPS) is 10.5. The fourth-order valence-corrected chi connectivity index (χ4v) is 2.51. The third-order valence-corrected chi connectivity index (χ3v) is 3.99. The summed E-state index contributed by atoms with van der Waals surface area (Å²) in [5.74, 6) is -0.0542. The number of fused-ring (bicyclic) bond motifs is 1. The van der Waals surface area contributed by atoms with Crippen LogP contribution in [0.15, 0.2) is 60.7 Å². The summed E-state index contributed by atoms with van der Waals surface area (Å²) in [6.07, 6.45) is 0. The van der Waals surface area contributed by atoms with Gasteiger partial charge in [0.25, 0.3) is 0 Å². The van der Waals surface area contributed by atoms with Crippen molar-refractivity contribution in [3.05, 3.63) is 71.8 Å². The number of rotatable bonds is 4. The van der Waals surface area contributed by atoms with E-state index in [0.717, 1.165) is 16.8 Å². The van der Waals surface area contributed by atoms with Crippen LogP contribution in [0.25, 0.3) is 10.8 Å². The lowest BCUT2D eigenvalue weighted by atomic mass is 10.1. The van der Waals surface area contributed by atoms with E-state index in [0.29, 0.717) is 0 Å². The van der Waals surface area contributed by atoms with Crippen molar-refractivity contribution < 1.29 is 4.79 Å². The molecule has 116 valence electrons. The zero-order valence-electron chi connectivity index (χ0n) is 13.4. The summed E-state index contributed by atoms with van der Waals surface area (Å²) in [5.41, 5.74) is 4.17. The van der Waals surface area contributed by atoms with Crippen LogP contribution in [-0.2, 0) is 4.79 Å². The van der Waals surface area contributed by atoms with Crippen LogP contribution in [-0.4, -0.2) is 12.5 Å². The molecule has 0 heterocycles. The van der Waals surface area contributed by atoms with Crippen molar-refractivity contribution in [3.63, 3.8) is 0 Å². The second-order valence-electron chi connectivity index (χ2n) is 5.76. The third-order valence-electron chi connectivity index (χ3n) is 3.99. The second-order valence-corrected chi connectivity index (χ2v) is 5.76. The summed E-state index contributed by atoms with van der Waals surface area (Å²) >= 11 is 0. The highest BCUT2D eigenvalue weighted by Gasteiger charge is 2.04. The molecule has 3 nitrogen and oxygen atoms in total. The topological polar surface area (TPSA) is 41.1 Å². The van der Waals surface area contributed by atoms with E-state index in [1.807, 2.05) is 43.3 Å². The van der Waals surface area contributed by atoms with E-state index in [2.05, 4.69) is 41.8 Å². The van der Waals surface area contributed by atoms with Gasteiger partial charge in [-0.2, -0.15) is 0 Å². The smallest absolute Gasteiger partial charge is 0.243 e. The van der Waals surface area contributed by atoms with E-state index in [1.165, 1.54) is 16.5 Å². The molecule has 0 aromatic heterocycles. The van der Waals surface area contributed by atoms with Gasteiger partial charge in [0.1, 0.15) is 0 Å². The van der Waals surface area contributed by atoms with Crippen LogP contribution >= 0.6 is 0 Å². The summed E-state index contributed by atoms with van der Waals surface area (Å²) in [4.78, 5) is 12.1. The predicted molar refractivity (Wildman–Crippen MR) is 97.0 cm³/mol. The molecule has 3 aromatic carbocycles. The zero-order chi connectivity index (χ0) is 16.2. The van der Waals surface area contributed by atoms with Gasteiger partial charge in [0.15, 0.2) is 0 Å². The third kappa shape index (κ3) is 3.69. The predicted octanol–water partition coefficient (Wildman–Crippen LogP) is 4.51. The highest BCUT2D eigenvalue weighted by molar-refractivity contribution is 5.94. The standard InChI is InChI=1S/C20H20N2O/c1-14-7-9-19(11-15(14)2)22-20(23)13-21-18-10-8-16-5-3-4-6-17(16)12-18/h3-12,21H,13H2,1-2H3,(H,22,23). The summed E-state index contributed by atoms with van der Waals surface area (Å²) in [5, 5.41) is 8.44. The Bertz CT molecular complexity index is 855. The number of anilines is 2. The molecule has 0 saturated carbocycles. The highest BCUT2D eigenvalue weighted by atomic mass is 16.1. The molecule has 0 saturated heterocycles. The van der Waals surface area contributed by atoms with Crippen LogP contribution in [0.4, 0.5) is 11.4 Å². The Morgan fingerprint density at radius 3 is 2.35 bits per heavy atom. The first-order valence-electron chi connectivity index (χ1n) is 7.71. The molecule has 1 amide bonds. The van der Waals surface area contributed by atoms with Gasteiger partial charge >= 0.3 is 0 Å². The van der Waals surface area contributed by atoms with Gasteiger partial charge in [0.05, 0.1) is 6.54 Å². The van der Waals surface area contributed by atoms with Gasteiger partial charge in [0.2, 0.25) is 5.91 Å². The first-order chi connectivity index (χ1) is 11.1. The van der Waals surface area contributed by atoms with Crippen LogP contribution in [0, 0.1) is 13.8 Å². The number of benzene rings is 3. The summed E-state index contributed by atoms with van der Waals surface area (Å²) in [7, 11) is 0. The first-order valence-corrected chi connectivity index (χ1v) is 7.71. The second kappa shape index (κ2) is 6.53. The Labute approximate surface area is 136 Å². The monoisotopic (exact) mass is 304 g/mol. The Morgan fingerprint density at radius 1 is 0.826 bits per heavy atom. The molecule has 0 bridgehead atoms. The summed E-state index contributed by atoms with van der Waals surface area (Å²) < 4.78 is 0. The maximum absolute atomic E-state index is 12.1. The van der Waals surface area contributed by atoms with Gasteiger partial charge in [-0.15, -0.1) is 0 Å². The average Bonchev–Trinajstić information content (AvgIpc) is 2.56. The van der Waals surface area contributed by atoms with Crippen molar-refractivity contribution in [1.29, 1.82) is 0 Å². The van der Waals surface area contributed by atoms with Crippen molar-refractivity contribution in [3.8, 4) is 0 Å². The Morgan fingerprint density at radius 2 is 1.57 bits per heavy atom. The number of amides is 1. The fraction of sp³-hybridized carbons (Fsp3) is 0.150. The molecule has 0 fully saturated rings. The molecule has 0 aliphatic rings. The molecule has 23 heavy (non-hydrogen) atoms. The molecule has 3 heteroatoms. The van der Waals surface area contributed by atoms with Crippen molar-refractivity contribution in [2.24, 2.45) is 0 Å². The van der Waals surface area contributed by atoms with E-state index in [-0.39, 0.29) is 12.5 Å². The van der Waals surface area contributed by atoms with Gasteiger partial charge < -0.3 is 10.6 Å². The van der Waals surface area contributed by atoms with Gasteiger partial charge in [-0.3, -0.25) is 4.79 Å². The quantitative estimate of drug-likeness (QED) is 0.744. The van der Waals surface area contributed by atoms with E-state index in [9.17, 15) is 4.79 Å². The Hall–Kier alpha value is -2.81. The molecule has 0 aliphatic heterocycles. The lowest BCUT2D eigenvalue weighted by molar-refractivity contribution is -0.114. The van der Waals surface area contributed by atoms with Crippen molar-refractivity contribution >= 4 is 28.1 Å². The molecule has 0 unspecified atom stereocenters. The Balaban J connectivity index is 1.62. The molecule has 0 atom stereocenters. The molecule has 0 radical (unpaired) electrons. The van der Waals surface area contributed by atoms with Crippen molar-refractivity contribution in [2.75, 3.05) is 17.2 Å². The number of carbonyl (C=O) groups excluding carboxylic acids is 1. The number of hydrogen-bond acceptors (Lipinski definition) is 2. The number of nitrogens with one attached hydrogen (secondary N) is 2. The maximum atomic E-state index is 12.1. The minimum Gasteiger partial charge on any atom is -0.376 e. The molecular weight excluding hydrogens is 284 g/mol. The zero-order valence-corrected chi connectivity index (χ0v) is 13.4. The largest absolute Gasteiger partial charge is 0.376 e. The minimum absolute atomic E-state index is 0.0542. The fourth-order valence-electron chi connectivity index (χ4n) is 2.51. The van der Waals surface area contributed by atoms with Gasteiger partial charge in [-0.1, -0.05) is 36.4 Å². The van der Waals surface area contributed by atoms with Crippen LogP contribution in [0.1, 0.15) is 11.1 Å². The van der Waals surface area contributed by atoms with Gasteiger partial charge in [-0.25, -0.2) is 0 Å². The molecule has 0 spiro atoms. The lowest BCUT2D eigenvalue weighted by Gasteiger charge is -2.10. The van der Waals surface area contributed by atoms with Gasteiger partial charge in [-0.05, 0) is 60.0 Å².